The number of rotatable bonds is 6. The maximum Gasteiger partial charge on any atom is 0.305 e. The van der Waals surface area contributed by atoms with Crippen molar-refractivity contribution in [3.8, 4) is 0 Å². The first-order chi connectivity index (χ1) is 15.5. The summed E-state index contributed by atoms with van der Waals surface area (Å²) in [6, 6.07) is 9.87. The van der Waals surface area contributed by atoms with Crippen LogP contribution in [0.2, 0.25) is 10.0 Å². The van der Waals surface area contributed by atoms with Crippen molar-refractivity contribution in [3.63, 3.8) is 0 Å². The number of benzene rings is 2. The molecule has 1 aliphatic rings. The molecule has 0 aromatic heterocycles. The van der Waals surface area contributed by atoms with Gasteiger partial charge in [-0.25, -0.2) is 0 Å². The van der Waals surface area contributed by atoms with E-state index in [-0.39, 0.29) is 25.5 Å². The Bertz CT molecular complexity index is 1040. The first kappa shape index (κ1) is 28.3. The van der Waals surface area contributed by atoms with Crippen molar-refractivity contribution in [2.24, 2.45) is 0 Å². The molecule has 0 unspecified atom stereocenters. The molecule has 2 aromatic rings. The quantitative estimate of drug-likeness (QED) is 0.323. The van der Waals surface area contributed by atoms with Gasteiger partial charge >= 0.3 is 5.91 Å². The number of halogens is 3. The average molecular weight is 532 g/mol. The van der Waals surface area contributed by atoms with E-state index in [1.165, 1.54) is 0 Å². The number of aryl methyl sites for hydroxylation is 2. The second-order valence-electron chi connectivity index (χ2n) is 8.78. The van der Waals surface area contributed by atoms with E-state index in [1.54, 1.807) is 36.4 Å². The third-order valence-corrected chi connectivity index (χ3v) is 6.87. The Morgan fingerprint density at radius 3 is 1.79 bits per heavy atom. The predicted octanol–water partition coefficient (Wildman–Crippen LogP) is 0.521. The van der Waals surface area contributed by atoms with Crippen LogP contribution in [-0.2, 0) is 9.59 Å². The zero-order chi connectivity index (χ0) is 24.3. The van der Waals surface area contributed by atoms with Gasteiger partial charge in [-0.05, 0) is 49.2 Å². The number of hydrogen-bond acceptors (Lipinski definition) is 5. The van der Waals surface area contributed by atoms with Crippen molar-refractivity contribution in [1.82, 2.24) is 4.90 Å². The van der Waals surface area contributed by atoms with E-state index < -0.39 is 11.8 Å². The number of amides is 2. The Morgan fingerprint density at radius 1 is 0.912 bits per heavy atom. The molecule has 8 nitrogen and oxygen atoms in total. The van der Waals surface area contributed by atoms with Gasteiger partial charge in [0.2, 0.25) is 0 Å². The van der Waals surface area contributed by atoms with Crippen LogP contribution >= 0.6 is 23.2 Å². The number of piperazine rings is 1. The monoisotopic (exact) mass is 530 g/mol. The summed E-state index contributed by atoms with van der Waals surface area (Å²) in [5.41, 5.74) is 2.36. The van der Waals surface area contributed by atoms with Crippen LogP contribution in [0, 0.1) is 13.8 Å². The maximum absolute atomic E-state index is 12.7. The topological polar surface area (TPSA) is 84.3 Å². The van der Waals surface area contributed by atoms with Gasteiger partial charge < -0.3 is 16.9 Å². The smallest absolute Gasteiger partial charge is 0.305 e. The molecule has 34 heavy (non-hydrogen) atoms. The molecule has 186 valence electrons. The Morgan fingerprint density at radius 2 is 1.35 bits per heavy atom. The fourth-order valence-electron chi connectivity index (χ4n) is 3.67. The number of hydroxylamine groups is 2. The number of hydrogen-bond donors (Lipinski definition) is 2. The average Bonchev–Trinajstić information content (AvgIpc) is 2.78. The molecule has 1 heterocycles. The molecule has 0 bridgehead atoms. The molecular formula is C23H29Cl3N4O4. The largest absolute Gasteiger partial charge is 1.00 e. The number of carbonyl (C=O) groups excluding carboxylic acids is 2. The lowest BCUT2D eigenvalue weighted by molar-refractivity contribution is -0.906. The van der Waals surface area contributed by atoms with Gasteiger partial charge in [-0.15, -0.1) is 0 Å². The number of anilines is 2. The predicted molar refractivity (Wildman–Crippen MR) is 128 cm³/mol. The Hall–Kier alpha value is -1.91. The van der Waals surface area contributed by atoms with E-state index in [2.05, 4.69) is 0 Å². The lowest BCUT2D eigenvalue weighted by Gasteiger charge is -2.41. The highest BCUT2D eigenvalue weighted by molar-refractivity contribution is 6.32. The maximum atomic E-state index is 12.7. The molecule has 1 aliphatic heterocycles. The third-order valence-electron chi connectivity index (χ3n) is 6.06. The number of likely N-dealkylation sites (N-methyl/N-ethyl adjacent to an activating group) is 1. The van der Waals surface area contributed by atoms with Gasteiger partial charge in [0.1, 0.15) is 0 Å². The SMILES string of the molecule is Cc1ccc(N(O)C(=O)CN2CC[N+](C)(CC(=O)N(O)c3ccc(C)c(Cl)c3)CC2)cc1Cl.[Cl-]. The summed E-state index contributed by atoms with van der Waals surface area (Å²) in [6.45, 7) is 6.21. The van der Waals surface area contributed by atoms with Gasteiger partial charge in [0.25, 0.3) is 5.91 Å². The first-order valence-electron chi connectivity index (χ1n) is 10.6. The highest BCUT2D eigenvalue weighted by Crippen LogP contribution is 2.24. The van der Waals surface area contributed by atoms with Gasteiger partial charge in [0, 0.05) is 23.1 Å². The summed E-state index contributed by atoms with van der Waals surface area (Å²) in [6.07, 6.45) is 0. The van der Waals surface area contributed by atoms with Crippen molar-refractivity contribution in [2.75, 3.05) is 56.4 Å². The van der Waals surface area contributed by atoms with Crippen LogP contribution in [0.5, 0.6) is 0 Å². The minimum absolute atomic E-state index is 0. The molecule has 2 aromatic carbocycles. The third kappa shape index (κ3) is 6.82. The summed E-state index contributed by atoms with van der Waals surface area (Å²) < 4.78 is 0.427. The highest BCUT2D eigenvalue weighted by atomic mass is 35.5. The second kappa shape index (κ2) is 11.7. The van der Waals surface area contributed by atoms with E-state index in [0.29, 0.717) is 62.2 Å². The first-order valence-corrected chi connectivity index (χ1v) is 11.4. The molecule has 3 rings (SSSR count). The second-order valence-corrected chi connectivity index (χ2v) is 9.59. The Kier molecular flexibility index (Phi) is 9.73. The molecular weight excluding hydrogens is 503 g/mol. The lowest BCUT2D eigenvalue weighted by Crippen LogP contribution is -3.00. The molecule has 11 heteroatoms. The van der Waals surface area contributed by atoms with Crippen molar-refractivity contribution in [2.45, 2.75) is 13.8 Å². The molecule has 2 amide bonds. The van der Waals surface area contributed by atoms with Crippen LogP contribution in [0.1, 0.15) is 11.1 Å². The Balaban J connectivity index is 0.00000408. The van der Waals surface area contributed by atoms with Crippen LogP contribution in [-0.4, -0.2) is 77.9 Å². The molecule has 0 saturated carbocycles. The summed E-state index contributed by atoms with van der Waals surface area (Å²) in [7, 11) is 1.94. The van der Waals surface area contributed by atoms with E-state index in [9.17, 15) is 20.0 Å². The molecule has 0 atom stereocenters. The van der Waals surface area contributed by atoms with Gasteiger partial charge in [-0.2, -0.15) is 10.1 Å². The van der Waals surface area contributed by atoms with Crippen molar-refractivity contribution >= 4 is 46.4 Å². The minimum Gasteiger partial charge on any atom is -1.00 e. The van der Waals surface area contributed by atoms with Crippen molar-refractivity contribution in [3.05, 3.63) is 57.6 Å². The van der Waals surface area contributed by atoms with Crippen LogP contribution in [0.15, 0.2) is 36.4 Å². The zero-order valence-electron chi connectivity index (χ0n) is 19.3. The molecule has 0 radical (unpaired) electrons. The minimum atomic E-state index is -0.458. The van der Waals surface area contributed by atoms with Crippen LogP contribution < -0.4 is 22.5 Å². The van der Waals surface area contributed by atoms with Gasteiger partial charge in [0.15, 0.2) is 6.54 Å². The zero-order valence-corrected chi connectivity index (χ0v) is 21.6. The van der Waals surface area contributed by atoms with Crippen LogP contribution in [0.3, 0.4) is 0 Å². The van der Waals surface area contributed by atoms with E-state index >= 15 is 0 Å². The molecule has 0 spiro atoms. The van der Waals surface area contributed by atoms with Gasteiger partial charge in [0.05, 0.1) is 38.1 Å². The number of quaternary nitrogens is 1. The normalized spacial score (nSPS) is 15.4. The van der Waals surface area contributed by atoms with Crippen LogP contribution in [0.25, 0.3) is 0 Å². The lowest BCUT2D eigenvalue weighted by atomic mass is 10.2. The standard InChI is InChI=1S/C23H29Cl2N4O4.ClH/c1-16-4-6-18(12-20(16)24)27(32)22(30)14-26-8-10-29(3,11-9-26)15-23(31)28(33)19-7-5-17(2)21(25)13-19;/h4-7,12-13,32-33H,8-11,14-15H2,1-3H3;1H/q+1;/p-1. The van der Waals surface area contributed by atoms with E-state index in [1.807, 2.05) is 25.8 Å². The fraction of sp³-hybridized carbons (Fsp3) is 0.391. The molecule has 2 N–H and O–H groups in total. The fourth-order valence-corrected chi connectivity index (χ4v) is 4.02. The number of nitrogens with zero attached hydrogens (tertiary/aromatic N) is 4. The number of carbonyl (C=O) groups is 2. The Labute approximate surface area is 215 Å². The van der Waals surface area contributed by atoms with Crippen molar-refractivity contribution < 1.29 is 36.9 Å². The van der Waals surface area contributed by atoms with Gasteiger partial charge in [-0.1, -0.05) is 35.3 Å². The summed E-state index contributed by atoms with van der Waals surface area (Å²) >= 11 is 12.2. The van der Waals surface area contributed by atoms with Gasteiger partial charge in [-0.3, -0.25) is 24.9 Å². The molecule has 0 aliphatic carbocycles. The molecule has 1 saturated heterocycles. The summed E-state index contributed by atoms with van der Waals surface area (Å²) in [5, 5.41) is 22.8. The van der Waals surface area contributed by atoms with Crippen molar-refractivity contribution in [1.29, 1.82) is 0 Å². The summed E-state index contributed by atoms with van der Waals surface area (Å²) in [5.74, 6) is -0.889. The highest BCUT2D eigenvalue weighted by Gasteiger charge is 2.34. The van der Waals surface area contributed by atoms with E-state index in [0.717, 1.165) is 11.1 Å². The van der Waals surface area contributed by atoms with Crippen LogP contribution in [0.4, 0.5) is 11.4 Å². The summed E-state index contributed by atoms with van der Waals surface area (Å²) in [4.78, 5) is 27.1. The molecule has 1 fully saturated rings. The van der Waals surface area contributed by atoms with E-state index in [4.69, 9.17) is 23.2 Å².